The van der Waals surface area contributed by atoms with Crippen molar-refractivity contribution in [1.82, 2.24) is 24.7 Å². The quantitative estimate of drug-likeness (QED) is 0.528. The Kier molecular flexibility index (Phi) is 7.17. The molecule has 0 amide bonds. The topological polar surface area (TPSA) is 101 Å². The number of pyridine rings is 1. The molecule has 9 nitrogen and oxygen atoms in total. The molecule has 1 saturated heterocycles. The van der Waals surface area contributed by atoms with Gasteiger partial charge in [-0.25, -0.2) is 15.0 Å². The summed E-state index contributed by atoms with van der Waals surface area (Å²) >= 11 is 0. The first-order valence-electron chi connectivity index (χ1n) is 11.8. The van der Waals surface area contributed by atoms with E-state index >= 15 is 0 Å². The molecular formula is C24H33N7O2. The van der Waals surface area contributed by atoms with Gasteiger partial charge in [-0.2, -0.15) is 5.10 Å². The summed E-state index contributed by atoms with van der Waals surface area (Å²) in [6.45, 7) is 11.2. The maximum absolute atomic E-state index is 11.8. The third-order valence-corrected chi connectivity index (χ3v) is 6.15. The standard InChI is InChI=1S/C24H33N7O2/c1-5-19-21-22(31(29-19)13-14-33-6-2)23(26-20-15-16(3)7-10-25-20)28-24(27-21)30-11-8-18(9-12-30)17(4)32/h7,10,15,18H,5-6,8-9,11-14H2,1-4H3,(H,25,26,27,28). The first-order valence-corrected chi connectivity index (χ1v) is 11.8. The number of carbonyl (C=O) groups is 1. The highest BCUT2D eigenvalue weighted by Gasteiger charge is 2.25. The van der Waals surface area contributed by atoms with Crippen LogP contribution in [0.25, 0.3) is 11.0 Å². The Labute approximate surface area is 193 Å². The lowest BCUT2D eigenvalue weighted by Crippen LogP contribution is -2.37. The van der Waals surface area contributed by atoms with E-state index in [0.29, 0.717) is 31.1 Å². The van der Waals surface area contributed by atoms with Crippen molar-refractivity contribution in [3.8, 4) is 0 Å². The van der Waals surface area contributed by atoms with E-state index in [1.165, 1.54) is 0 Å². The molecule has 1 fully saturated rings. The van der Waals surface area contributed by atoms with E-state index < -0.39 is 0 Å². The number of aromatic amines is 1. The molecule has 0 atom stereocenters. The van der Waals surface area contributed by atoms with Crippen LogP contribution in [-0.4, -0.2) is 56.8 Å². The van der Waals surface area contributed by atoms with Gasteiger partial charge in [-0.3, -0.25) is 9.48 Å². The number of aryl methyl sites for hydroxylation is 2. The van der Waals surface area contributed by atoms with Gasteiger partial charge in [0.2, 0.25) is 5.95 Å². The van der Waals surface area contributed by atoms with Gasteiger partial charge in [0.25, 0.3) is 0 Å². The average Bonchev–Trinajstić information content (AvgIpc) is 3.17. The van der Waals surface area contributed by atoms with Crippen molar-refractivity contribution in [3.63, 3.8) is 0 Å². The first-order chi connectivity index (χ1) is 16.0. The zero-order chi connectivity index (χ0) is 23.4. The monoisotopic (exact) mass is 451 g/mol. The van der Waals surface area contributed by atoms with E-state index in [0.717, 1.165) is 60.6 Å². The molecule has 4 heterocycles. The number of rotatable bonds is 8. The highest BCUT2D eigenvalue weighted by atomic mass is 16.5. The molecule has 0 bridgehead atoms. The first kappa shape index (κ1) is 23.1. The van der Waals surface area contributed by atoms with Gasteiger partial charge in [0.05, 0.1) is 18.8 Å². The van der Waals surface area contributed by atoms with Crippen LogP contribution < -0.4 is 10.4 Å². The summed E-state index contributed by atoms with van der Waals surface area (Å²) in [5.41, 5.74) is 4.43. The van der Waals surface area contributed by atoms with Crippen LogP contribution in [-0.2, 0) is 22.5 Å². The predicted molar refractivity (Wildman–Crippen MR) is 128 cm³/mol. The van der Waals surface area contributed by atoms with Gasteiger partial charge in [-0.1, -0.05) is 6.92 Å². The molecule has 0 aromatic carbocycles. The molecule has 1 N–H and O–H groups in total. The summed E-state index contributed by atoms with van der Waals surface area (Å²) in [6, 6.07) is 3.91. The van der Waals surface area contributed by atoms with Crippen LogP contribution in [0.4, 0.5) is 11.8 Å². The van der Waals surface area contributed by atoms with Crippen molar-refractivity contribution >= 4 is 28.6 Å². The van der Waals surface area contributed by atoms with Crippen LogP contribution in [0.3, 0.4) is 0 Å². The molecule has 1 aliphatic rings. The molecule has 3 aromatic rings. The minimum absolute atomic E-state index is 0.137. The third kappa shape index (κ3) is 5.13. The van der Waals surface area contributed by atoms with Gasteiger partial charge in [-0.05, 0) is 57.7 Å². The maximum Gasteiger partial charge on any atom is 0.205 e. The summed E-state index contributed by atoms with van der Waals surface area (Å²) in [6.07, 6.45) is 4.21. The summed E-state index contributed by atoms with van der Waals surface area (Å²) in [5, 5.41) is 4.83. The molecule has 33 heavy (non-hydrogen) atoms. The van der Waals surface area contributed by atoms with E-state index in [1.54, 1.807) is 13.1 Å². The van der Waals surface area contributed by atoms with Gasteiger partial charge in [0, 0.05) is 31.8 Å². The Balaban J connectivity index is 1.83. The van der Waals surface area contributed by atoms with Crippen molar-refractivity contribution in [3.05, 3.63) is 35.1 Å². The Morgan fingerprint density at radius 2 is 2.09 bits per heavy atom. The number of hydrogen-bond donors (Lipinski definition) is 1. The SMILES string of the molecule is CCOCCn1nc(CC)c2nc(N3CCC(C(C)=O)CC3)[nH]/c(=N\c3cc(C)ccn3)c21. The van der Waals surface area contributed by atoms with Gasteiger partial charge in [-0.15, -0.1) is 0 Å². The maximum atomic E-state index is 11.8. The van der Waals surface area contributed by atoms with Crippen molar-refractivity contribution < 1.29 is 9.53 Å². The minimum atomic E-state index is 0.137. The molecule has 0 aliphatic carbocycles. The highest BCUT2D eigenvalue weighted by Crippen LogP contribution is 2.23. The summed E-state index contributed by atoms with van der Waals surface area (Å²) in [4.78, 5) is 31.8. The third-order valence-electron chi connectivity index (χ3n) is 6.15. The Morgan fingerprint density at radius 1 is 1.30 bits per heavy atom. The number of H-pyrrole nitrogens is 1. The van der Waals surface area contributed by atoms with Crippen LogP contribution in [0.5, 0.6) is 0 Å². The molecule has 176 valence electrons. The number of hydrogen-bond acceptors (Lipinski definition) is 7. The molecule has 4 rings (SSSR count). The van der Waals surface area contributed by atoms with Gasteiger partial charge < -0.3 is 14.6 Å². The zero-order valence-corrected chi connectivity index (χ0v) is 20.0. The fourth-order valence-corrected chi connectivity index (χ4v) is 4.27. The molecule has 0 radical (unpaired) electrons. The van der Waals surface area contributed by atoms with Crippen LogP contribution in [0.15, 0.2) is 23.3 Å². The number of fused-ring (bicyclic) bond motifs is 1. The van der Waals surface area contributed by atoms with E-state index in [4.69, 9.17) is 19.8 Å². The largest absolute Gasteiger partial charge is 0.380 e. The number of nitrogens with one attached hydrogen (secondary N) is 1. The highest BCUT2D eigenvalue weighted by molar-refractivity contribution is 5.79. The van der Waals surface area contributed by atoms with Crippen molar-refractivity contribution in [2.24, 2.45) is 10.9 Å². The molecule has 0 unspecified atom stereocenters. The van der Waals surface area contributed by atoms with Crippen molar-refractivity contribution in [2.45, 2.75) is 53.5 Å². The smallest absolute Gasteiger partial charge is 0.205 e. The second-order valence-corrected chi connectivity index (χ2v) is 8.50. The van der Waals surface area contributed by atoms with E-state index in [-0.39, 0.29) is 11.7 Å². The molecule has 3 aromatic heterocycles. The molecule has 0 spiro atoms. The van der Waals surface area contributed by atoms with E-state index in [9.17, 15) is 4.79 Å². The second-order valence-electron chi connectivity index (χ2n) is 8.50. The van der Waals surface area contributed by atoms with Crippen LogP contribution >= 0.6 is 0 Å². The fourth-order valence-electron chi connectivity index (χ4n) is 4.27. The van der Waals surface area contributed by atoms with Crippen LogP contribution in [0, 0.1) is 12.8 Å². The molecular weight excluding hydrogens is 418 g/mol. The Bertz CT molecular complexity index is 1190. The summed E-state index contributed by atoms with van der Waals surface area (Å²) in [7, 11) is 0. The number of ketones is 1. The average molecular weight is 452 g/mol. The van der Waals surface area contributed by atoms with Gasteiger partial charge in [0.15, 0.2) is 11.3 Å². The summed E-state index contributed by atoms with van der Waals surface area (Å²) < 4.78 is 7.52. The lowest BCUT2D eigenvalue weighted by Gasteiger charge is -2.31. The van der Waals surface area contributed by atoms with Crippen molar-refractivity contribution in [2.75, 3.05) is 31.2 Å². The Hall–Kier alpha value is -3.07. The van der Waals surface area contributed by atoms with Gasteiger partial charge >= 0.3 is 0 Å². The number of nitrogens with zero attached hydrogens (tertiary/aromatic N) is 6. The number of ether oxygens (including phenoxy) is 1. The molecule has 9 heteroatoms. The zero-order valence-electron chi connectivity index (χ0n) is 20.0. The second kappa shape index (κ2) is 10.2. The van der Waals surface area contributed by atoms with Crippen LogP contribution in [0.1, 0.15) is 44.9 Å². The number of carbonyl (C=O) groups excluding carboxylic acids is 1. The lowest BCUT2D eigenvalue weighted by molar-refractivity contribution is -0.121. The van der Waals surface area contributed by atoms with E-state index in [2.05, 4.69) is 21.8 Å². The van der Waals surface area contributed by atoms with Crippen molar-refractivity contribution in [1.29, 1.82) is 0 Å². The predicted octanol–water partition coefficient (Wildman–Crippen LogP) is 3.10. The minimum Gasteiger partial charge on any atom is -0.380 e. The van der Waals surface area contributed by atoms with Crippen LogP contribution in [0.2, 0.25) is 0 Å². The lowest BCUT2D eigenvalue weighted by atomic mass is 9.93. The number of piperidine rings is 1. The molecule has 1 aliphatic heterocycles. The Morgan fingerprint density at radius 3 is 2.76 bits per heavy atom. The van der Waals surface area contributed by atoms with Gasteiger partial charge in [0.1, 0.15) is 16.8 Å². The fraction of sp³-hybridized carbons (Fsp3) is 0.542. The number of anilines is 1. The normalized spacial score (nSPS) is 15.5. The number of Topliss-reactive ketones (excluding diaryl/α,β-unsaturated/α-hetero) is 1. The molecule has 0 saturated carbocycles. The summed E-state index contributed by atoms with van der Waals surface area (Å²) in [5.74, 6) is 1.80. The van der Waals surface area contributed by atoms with E-state index in [1.807, 2.05) is 30.7 Å². The number of aromatic nitrogens is 5.